The number of methoxy groups -OCH3 is 1. The van der Waals surface area contributed by atoms with Crippen molar-refractivity contribution in [1.29, 1.82) is 0 Å². The Morgan fingerprint density at radius 3 is 2.42 bits per heavy atom. The molecule has 1 spiro atoms. The number of aromatic nitrogens is 2. The van der Waals surface area contributed by atoms with Gasteiger partial charge in [-0.2, -0.15) is 0 Å². The summed E-state index contributed by atoms with van der Waals surface area (Å²) in [6.45, 7) is 3.15. The van der Waals surface area contributed by atoms with Crippen LogP contribution in [-0.2, 0) is 9.47 Å². The third-order valence-corrected chi connectivity index (χ3v) is 6.94. The first kappa shape index (κ1) is 22.6. The predicted molar refractivity (Wildman–Crippen MR) is 139 cm³/mol. The molecule has 2 fully saturated rings. The van der Waals surface area contributed by atoms with Crippen LogP contribution in [0.5, 0.6) is 5.75 Å². The van der Waals surface area contributed by atoms with Gasteiger partial charge in [0.25, 0.3) is 5.91 Å². The summed E-state index contributed by atoms with van der Waals surface area (Å²) in [5, 5.41) is 2.99. The number of amides is 1. The average molecular weight is 485 g/mol. The second kappa shape index (κ2) is 9.29. The van der Waals surface area contributed by atoms with Crippen molar-refractivity contribution < 1.29 is 19.0 Å². The van der Waals surface area contributed by atoms with Crippen LogP contribution in [0.1, 0.15) is 23.2 Å². The lowest BCUT2D eigenvalue weighted by Crippen LogP contribution is -2.45. The van der Waals surface area contributed by atoms with Crippen LogP contribution in [0.3, 0.4) is 0 Å². The highest BCUT2D eigenvalue weighted by Crippen LogP contribution is 2.33. The molecule has 0 aliphatic carbocycles. The van der Waals surface area contributed by atoms with Crippen LogP contribution in [0.4, 0.5) is 11.4 Å². The van der Waals surface area contributed by atoms with Crippen LogP contribution in [-0.4, -0.2) is 55.1 Å². The average Bonchev–Trinajstić information content (AvgIpc) is 3.56. The zero-order valence-corrected chi connectivity index (χ0v) is 20.1. The van der Waals surface area contributed by atoms with E-state index in [4.69, 9.17) is 14.2 Å². The normalized spacial score (nSPS) is 17.0. The number of aromatic amines is 1. The summed E-state index contributed by atoms with van der Waals surface area (Å²) in [6, 6.07) is 21.1. The van der Waals surface area contributed by atoms with Crippen LogP contribution in [0.2, 0.25) is 0 Å². The molecule has 2 saturated heterocycles. The molecule has 8 nitrogen and oxygen atoms in total. The first-order valence-corrected chi connectivity index (χ1v) is 12.2. The van der Waals surface area contributed by atoms with Gasteiger partial charge in [0.2, 0.25) is 0 Å². The number of ether oxygens (including phenoxy) is 3. The van der Waals surface area contributed by atoms with Crippen LogP contribution < -0.4 is 15.0 Å². The van der Waals surface area contributed by atoms with E-state index < -0.39 is 0 Å². The Labute approximate surface area is 209 Å². The fourth-order valence-electron chi connectivity index (χ4n) is 4.88. The smallest absolute Gasteiger partial charge is 0.255 e. The monoisotopic (exact) mass is 484 g/mol. The predicted octanol–water partition coefficient (Wildman–Crippen LogP) is 4.83. The van der Waals surface area contributed by atoms with E-state index in [2.05, 4.69) is 20.2 Å². The van der Waals surface area contributed by atoms with Crippen LogP contribution in [0.25, 0.3) is 22.4 Å². The highest BCUT2D eigenvalue weighted by molar-refractivity contribution is 6.04. The largest absolute Gasteiger partial charge is 0.497 e. The minimum atomic E-state index is -0.377. The molecule has 0 radical (unpaired) electrons. The number of hydrogen-bond donors (Lipinski definition) is 2. The van der Waals surface area contributed by atoms with Gasteiger partial charge in [0.05, 0.1) is 31.4 Å². The molecule has 3 heterocycles. The Bertz CT molecular complexity index is 1370. The molecule has 0 atom stereocenters. The molecule has 0 saturated carbocycles. The maximum atomic E-state index is 12.8. The van der Waals surface area contributed by atoms with Gasteiger partial charge in [-0.05, 0) is 48.5 Å². The Hall–Kier alpha value is -3.88. The summed E-state index contributed by atoms with van der Waals surface area (Å²) in [5.74, 6) is 0.989. The highest BCUT2D eigenvalue weighted by atomic mass is 16.7. The number of H-pyrrole nitrogens is 1. The van der Waals surface area contributed by atoms with E-state index in [1.165, 1.54) is 0 Å². The van der Waals surface area contributed by atoms with Gasteiger partial charge in [-0.3, -0.25) is 4.79 Å². The summed E-state index contributed by atoms with van der Waals surface area (Å²) >= 11 is 0. The number of imidazole rings is 1. The summed E-state index contributed by atoms with van der Waals surface area (Å²) in [5.41, 5.74) is 5.14. The summed E-state index contributed by atoms with van der Waals surface area (Å²) in [6.07, 6.45) is 1.73. The molecule has 3 aromatic carbocycles. The molecule has 1 amide bonds. The zero-order chi connectivity index (χ0) is 24.5. The minimum Gasteiger partial charge on any atom is -0.497 e. The maximum Gasteiger partial charge on any atom is 0.255 e. The van der Waals surface area contributed by atoms with Gasteiger partial charge in [-0.25, -0.2) is 4.98 Å². The van der Waals surface area contributed by atoms with Crippen molar-refractivity contribution in [1.82, 2.24) is 9.97 Å². The second-order valence-corrected chi connectivity index (χ2v) is 9.14. The lowest BCUT2D eigenvalue weighted by molar-refractivity contribution is -0.169. The van der Waals surface area contributed by atoms with Gasteiger partial charge in [-0.15, -0.1) is 0 Å². The topological polar surface area (TPSA) is 88.7 Å². The SMILES string of the molecule is COc1ccc2nc(-c3ccc(C(=O)Nc4ccc(N5CCC6(CC5)OCCO6)cc4)cc3)[nH]c2c1. The number of carbonyl (C=O) groups excluding carboxylic acids is 1. The number of anilines is 2. The number of fused-ring (bicyclic) bond motifs is 1. The Balaban J connectivity index is 1.09. The number of nitrogens with zero attached hydrogens (tertiary/aromatic N) is 2. The van der Waals surface area contributed by atoms with Gasteiger partial charge in [0.15, 0.2) is 5.79 Å². The lowest BCUT2D eigenvalue weighted by atomic mass is 10.0. The number of rotatable bonds is 5. The van der Waals surface area contributed by atoms with E-state index in [1.807, 2.05) is 66.7 Å². The Kier molecular flexibility index (Phi) is 5.83. The quantitative estimate of drug-likeness (QED) is 0.422. The van der Waals surface area contributed by atoms with E-state index in [0.717, 1.165) is 65.5 Å². The Morgan fingerprint density at radius 1 is 1.00 bits per heavy atom. The summed E-state index contributed by atoms with van der Waals surface area (Å²) in [4.78, 5) is 23.1. The number of piperidine rings is 1. The van der Waals surface area contributed by atoms with E-state index in [-0.39, 0.29) is 11.7 Å². The molecule has 36 heavy (non-hydrogen) atoms. The van der Waals surface area contributed by atoms with Crippen molar-refractivity contribution >= 4 is 28.3 Å². The fourth-order valence-corrected chi connectivity index (χ4v) is 4.88. The molecule has 0 unspecified atom stereocenters. The molecule has 4 aromatic rings. The van der Waals surface area contributed by atoms with E-state index in [1.54, 1.807) is 7.11 Å². The van der Waals surface area contributed by atoms with Crippen LogP contribution >= 0.6 is 0 Å². The summed E-state index contributed by atoms with van der Waals surface area (Å²) < 4.78 is 16.9. The first-order chi connectivity index (χ1) is 17.6. The zero-order valence-electron chi connectivity index (χ0n) is 20.1. The number of carbonyl (C=O) groups is 1. The minimum absolute atomic E-state index is 0.154. The van der Waals surface area contributed by atoms with Gasteiger partial charge in [-0.1, -0.05) is 12.1 Å². The molecule has 0 bridgehead atoms. The van der Waals surface area contributed by atoms with Crippen molar-refractivity contribution in [3.8, 4) is 17.1 Å². The molecular formula is C28H28N4O4. The van der Waals surface area contributed by atoms with Crippen molar-refractivity contribution in [3.05, 3.63) is 72.3 Å². The van der Waals surface area contributed by atoms with Gasteiger partial charge < -0.3 is 29.4 Å². The van der Waals surface area contributed by atoms with E-state index in [9.17, 15) is 4.79 Å². The van der Waals surface area contributed by atoms with Crippen molar-refractivity contribution in [3.63, 3.8) is 0 Å². The van der Waals surface area contributed by atoms with Crippen molar-refractivity contribution in [2.24, 2.45) is 0 Å². The van der Waals surface area contributed by atoms with Gasteiger partial charge >= 0.3 is 0 Å². The molecule has 6 rings (SSSR count). The van der Waals surface area contributed by atoms with E-state index in [0.29, 0.717) is 18.8 Å². The van der Waals surface area contributed by atoms with Gasteiger partial charge in [0.1, 0.15) is 11.6 Å². The molecular weight excluding hydrogens is 456 g/mol. The van der Waals surface area contributed by atoms with Crippen LogP contribution in [0.15, 0.2) is 66.7 Å². The second-order valence-electron chi connectivity index (χ2n) is 9.14. The number of hydrogen-bond acceptors (Lipinski definition) is 6. The Morgan fingerprint density at radius 2 is 1.72 bits per heavy atom. The standard InChI is InChI=1S/C28H28N4O4/c1-34-23-10-11-24-25(18-23)31-26(30-24)19-2-4-20(5-3-19)27(33)29-21-6-8-22(9-7-21)32-14-12-28(13-15-32)35-16-17-36-28/h2-11,18H,12-17H2,1H3,(H,29,33)(H,30,31). The molecule has 2 N–H and O–H groups in total. The molecule has 1 aromatic heterocycles. The number of benzene rings is 3. The fraction of sp³-hybridized carbons (Fsp3) is 0.286. The highest BCUT2D eigenvalue weighted by Gasteiger charge is 2.39. The maximum absolute atomic E-state index is 12.8. The van der Waals surface area contributed by atoms with E-state index >= 15 is 0 Å². The molecule has 8 heteroatoms. The van der Waals surface area contributed by atoms with Crippen LogP contribution in [0, 0.1) is 0 Å². The van der Waals surface area contributed by atoms with Crippen molar-refractivity contribution in [2.75, 3.05) is 43.6 Å². The lowest BCUT2D eigenvalue weighted by Gasteiger charge is -2.38. The third-order valence-electron chi connectivity index (χ3n) is 6.94. The first-order valence-electron chi connectivity index (χ1n) is 12.2. The third kappa shape index (κ3) is 4.41. The van der Waals surface area contributed by atoms with Crippen molar-refractivity contribution in [2.45, 2.75) is 18.6 Å². The molecule has 184 valence electrons. The molecule has 2 aliphatic rings. The number of nitrogens with one attached hydrogen (secondary N) is 2. The molecule has 2 aliphatic heterocycles. The van der Waals surface area contributed by atoms with Gasteiger partial charge in [0, 0.05) is 54.5 Å². The summed E-state index contributed by atoms with van der Waals surface area (Å²) in [7, 11) is 1.64.